The lowest BCUT2D eigenvalue weighted by molar-refractivity contribution is -0.161. The van der Waals surface area contributed by atoms with Gasteiger partial charge in [0.15, 0.2) is 5.71 Å². The first kappa shape index (κ1) is 31.7. The van der Waals surface area contributed by atoms with Crippen molar-refractivity contribution in [3.63, 3.8) is 0 Å². The summed E-state index contributed by atoms with van der Waals surface area (Å²) in [7, 11) is 0. The zero-order valence-electron chi connectivity index (χ0n) is 25.7. The Morgan fingerprint density at radius 1 is 1.07 bits per heavy atom. The Kier molecular flexibility index (Phi) is 9.89. The molecule has 1 heterocycles. The second-order valence-electron chi connectivity index (χ2n) is 11.8. The molecule has 0 spiro atoms. The van der Waals surface area contributed by atoms with Crippen LogP contribution in [0.3, 0.4) is 0 Å². The molecule has 1 saturated heterocycles. The highest BCUT2D eigenvalue weighted by Crippen LogP contribution is 2.59. The molecule has 0 amide bonds. The van der Waals surface area contributed by atoms with E-state index in [2.05, 4.69) is 18.7 Å². The Hall–Kier alpha value is -4.20. The summed E-state index contributed by atoms with van der Waals surface area (Å²) in [5.74, 6) is -1.50. The summed E-state index contributed by atoms with van der Waals surface area (Å²) in [6, 6.07) is 19.1. The molecule has 0 N–H and O–H groups in total. The summed E-state index contributed by atoms with van der Waals surface area (Å²) >= 11 is 0. The van der Waals surface area contributed by atoms with E-state index in [1.807, 2.05) is 81.4 Å². The van der Waals surface area contributed by atoms with Gasteiger partial charge in [-0.05, 0) is 56.2 Å². The molecule has 2 aromatic rings. The number of hydrogen-bond donors (Lipinski definition) is 0. The molecule has 1 aliphatic heterocycles. The Bertz CT molecular complexity index is 1410. The predicted octanol–water partition coefficient (Wildman–Crippen LogP) is 6.29. The molecule has 4 atom stereocenters. The zero-order chi connectivity index (χ0) is 31.2. The monoisotopic (exact) mass is 587 g/mol. The SMILES string of the molecule is C=C1C(=O)O[C@]2(C)CC(C)=C([C@@H](C)CCCOC(C)=O)[C@H](OC(=O)/C(Cc3ccccc3)=N/OCc3ccccc3)[C@]12C. The summed E-state index contributed by atoms with van der Waals surface area (Å²) in [4.78, 5) is 43.9. The molecule has 228 valence electrons. The standard InChI is InChI=1S/C35H41NO7/c1-23(14-13-19-40-26(4)37)30-24(2)21-34(5)35(6,25(3)32(38)43-34)31(30)42-33(39)29(20-27-15-9-7-10-16-27)36-41-22-28-17-11-8-12-18-28/h7-12,15-18,23,31H,3,13-14,19-22H2,1-2,4-6H3/b36-29+/t23-,31-,34+,35-/m0/s1. The second-order valence-corrected chi connectivity index (χ2v) is 11.8. The van der Waals surface area contributed by atoms with Crippen molar-refractivity contribution in [2.24, 2.45) is 16.5 Å². The van der Waals surface area contributed by atoms with Gasteiger partial charge in [-0.25, -0.2) is 9.59 Å². The minimum atomic E-state index is -1.01. The van der Waals surface area contributed by atoms with Gasteiger partial charge in [0, 0.05) is 25.3 Å². The number of rotatable bonds is 12. The van der Waals surface area contributed by atoms with Crippen LogP contribution in [-0.4, -0.2) is 41.9 Å². The summed E-state index contributed by atoms with van der Waals surface area (Å²) in [5, 5.41) is 4.26. The average molecular weight is 588 g/mol. The first-order valence-corrected chi connectivity index (χ1v) is 14.7. The summed E-state index contributed by atoms with van der Waals surface area (Å²) in [6.07, 6.45) is 1.17. The minimum Gasteiger partial charge on any atom is -0.466 e. The van der Waals surface area contributed by atoms with E-state index in [1.54, 1.807) is 0 Å². The van der Waals surface area contributed by atoms with Gasteiger partial charge >= 0.3 is 17.9 Å². The van der Waals surface area contributed by atoms with Crippen LogP contribution in [0, 0.1) is 11.3 Å². The van der Waals surface area contributed by atoms with Crippen LogP contribution in [-0.2, 0) is 46.5 Å². The number of hydrogen-bond acceptors (Lipinski definition) is 8. The lowest BCUT2D eigenvalue weighted by Crippen LogP contribution is -2.55. The maximum atomic E-state index is 14.0. The third-order valence-corrected chi connectivity index (χ3v) is 8.73. The molecule has 4 rings (SSSR count). The van der Waals surface area contributed by atoms with Crippen molar-refractivity contribution >= 4 is 23.6 Å². The largest absolute Gasteiger partial charge is 0.466 e. The van der Waals surface area contributed by atoms with Crippen molar-refractivity contribution in [2.45, 2.75) is 78.6 Å². The molecule has 8 nitrogen and oxygen atoms in total. The van der Waals surface area contributed by atoms with Gasteiger partial charge in [0.1, 0.15) is 18.3 Å². The van der Waals surface area contributed by atoms with Crippen LogP contribution in [0.15, 0.2) is 89.1 Å². The van der Waals surface area contributed by atoms with Crippen molar-refractivity contribution in [3.8, 4) is 0 Å². The maximum Gasteiger partial charge on any atom is 0.357 e. The number of esters is 3. The van der Waals surface area contributed by atoms with Gasteiger partial charge in [-0.15, -0.1) is 0 Å². The molecule has 1 fully saturated rings. The Morgan fingerprint density at radius 2 is 1.70 bits per heavy atom. The molecular weight excluding hydrogens is 546 g/mol. The molecule has 0 unspecified atom stereocenters. The second kappa shape index (κ2) is 13.4. The molecule has 8 heteroatoms. The van der Waals surface area contributed by atoms with E-state index < -0.39 is 29.1 Å². The Balaban J connectivity index is 1.66. The van der Waals surface area contributed by atoms with Crippen LogP contribution in [0.25, 0.3) is 0 Å². The molecular formula is C35H41NO7. The van der Waals surface area contributed by atoms with Crippen LogP contribution in [0.5, 0.6) is 0 Å². The van der Waals surface area contributed by atoms with Gasteiger partial charge in [0.2, 0.25) is 0 Å². The van der Waals surface area contributed by atoms with Crippen molar-refractivity contribution in [3.05, 3.63) is 95.1 Å². The van der Waals surface area contributed by atoms with Gasteiger partial charge in [0.05, 0.1) is 12.0 Å². The van der Waals surface area contributed by atoms with Crippen LogP contribution >= 0.6 is 0 Å². The van der Waals surface area contributed by atoms with Crippen LogP contribution < -0.4 is 0 Å². The fourth-order valence-electron chi connectivity index (χ4n) is 6.19. The molecule has 0 bridgehead atoms. The van der Waals surface area contributed by atoms with E-state index in [0.717, 1.165) is 22.3 Å². The quantitative estimate of drug-likeness (QED) is 0.0547. The van der Waals surface area contributed by atoms with E-state index in [1.165, 1.54) is 6.92 Å². The lowest BCUT2D eigenvalue weighted by atomic mass is 9.58. The first-order chi connectivity index (χ1) is 20.5. The highest BCUT2D eigenvalue weighted by Gasteiger charge is 2.66. The molecule has 0 aromatic heterocycles. The van der Waals surface area contributed by atoms with Crippen molar-refractivity contribution in [1.29, 1.82) is 0 Å². The molecule has 0 radical (unpaired) electrons. The maximum absolute atomic E-state index is 14.0. The van der Waals surface area contributed by atoms with Gasteiger partial charge in [-0.2, -0.15) is 0 Å². The highest BCUT2D eigenvalue weighted by atomic mass is 16.6. The Labute approximate surface area is 253 Å². The van der Waals surface area contributed by atoms with Crippen LogP contribution in [0.4, 0.5) is 0 Å². The third kappa shape index (κ3) is 6.90. The van der Waals surface area contributed by atoms with Gasteiger partial charge in [0.25, 0.3) is 0 Å². The summed E-state index contributed by atoms with van der Waals surface area (Å²) in [6.45, 7) is 13.8. The van der Waals surface area contributed by atoms with Crippen molar-refractivity contribution in [1.82, 2.24) is 0 Å². The van der Waals surface area contributed by atoms with Crippen molar-refractivity contribution in [2.75, 3.05) is 6.61 Å². The number of oxime groups is 1. The van der Waals surface area contributed by atoms with Gasteiger partial charge in [-0.3, -0.25) is 4.79 Å². The fraction of sp³-hybridized carbons (Fsp3) is 0.429. The van der Waals surface area contributed by atoms with Crippen LogP contribution in [0.2, 0.25) is 0 Å². The molecule has 43 heavy (non-hydrogen) atoms. The molecule has 2 aromatic carbocycles. The third-order valence-electron chi connectivity index (χ3n) is 8.73. The number of carbonyl (C=O) groups excluding carboxylic acids is 3. The van der Waals surface area contributed by atoms with E-state index in [9.17, 15) is 14.4 Å². The smallest absolute Gasteiger partial charge is 0.357 e. The number of nitrogens with zero attached hydrogens (tertiary/aromatic N) is 1. The van der Waals surface area contributed by atoms with E-state index in [-0.39, 0.29) is 36.2 Å². The van der Waals surface area contributed by atoms with Crippen LogP contribution in [0.1, 0.15) is 65.0 Å². The molecule has 2 aliphatic rings. The van der Waals surface area contributed by atoms with Crippen molar-refractivity contribution < 1.29 is 33.4 Å². The van der Waals surface area contributed by atoms with Gasteiger partial charge < -0.3 is 19.0 Å². The predicted molar refractivity (Wildman–Crippen MR) is 163 cm³/mol. The number of benzene rings is 2. The first-order valence-electron chi connectivity index (χ1n) is 14.7. The number of ether oxygens (including phenoxy) is 3. The number of fused-ring (bicyclic) bond motifs is 1. The highest BCUT2D eigenvalue weighted by molar-refractivity contribution is 6.36. The van der Waals surface area contributed by atoms with Gasteiger partial charge in [-0.1, -0.05) is 84.9 Å². The minimum absolute atomic E-state index is 0.0397. The molecule has 1 aliphatic carbocycles. The van der Waals surface area contributed by atoms with E-state index in [4.69, 9.17) is 19.0 Å². The van der Waals surface area contributed by atoms with E-state index >= 15 is 0 Å². The molecule has 0 saturated carbocycles. The zero-order valence-corrected chi connectivity index (χ0v) is 25.7. The number of carbonyl (C=O) groups is 3. The van der Waals surface area contributed by atoms with E-state index in [0.29, 0.717) is 25.9 Å². The topological polar surface area (TPSA) is 100 Å². The average Bonchev–Trinajstić information content (AvgIpc) is 3.15. The lowest BCUT2D eigenvalue weighted by Gasteiger charge is -2.49. The summed E-state index contributed by atoms with van der Waals surface area (Å²) < 4.78 is 17.4. The Morgan fingerprint density at radius 3 is 2.33 bits per heavy atom. The summed E-state index contributed by atoms with van der Waals surface area (Å²) in [5.41, 5.74) is 2.10. The normalized spacial score (nSPS) is 24.2. The fourth-order valence-corrected chi connectivity index (χ4v) is 6.19.